The Morgan fingerprint density at radius 1 is 1.41 bits per heavy atom. The molecule has 3 rings (SSSR count). The zero-order valence-corrected chi connectivity index (χ0v) is 16.6. The molecule has 1 aliphatic heterocycles. The molecular formula is C20H29N5O2. The first kappa shape index (κ1) is 19.4. The van der Waals surface area contributed by atoms with E-state index in [1.165, 1.54) is 5.56 Å². The van der Waals surface area contributed by atoms with E-state index < -0.39 is 0 Å². The summed E-state index contributed by atoms with van der Waals surface area (Å²) < 4.78 is 11.0. The van der Waals surface area contributed by atoms with Gasteiger partial charge in [-0.1, -0.05) is 18.2 Å². The third-order valence-electron chi connectivity index (χ3n) is 4.69. The third-order valence-corrected chi connectivity index (χ3v) is 4.69. The lowest BCUT2D eigenvalue weighted by Crippen LogP contribution is -2.51. The van der Waals surface area contributed by atoms with Crippen LogP contribution in [0.2, 0.25) is 0 Å². The lowest BCUT2D eigenvalue weighted by atomic mass is 10.1. The number of morpholine rings is 1. The van der Waals surface area contributed by atoms with Gasteiger partial charge in [0.1, 0.15) is 5.82 Å². The fourth-order valence-corrected chi connectivity index (χ4v) is 3.31. The number of fused-ring (bicyclic) bond motifs is 1. The molecule has 1 aromatic heterocycles. The summed E-state index contributed by atoms with van der Waals surface area (Å²) in [4.78, 5) is 13.5. The Kier molecular flexibility index (Phi) is 6.47. The summed E-state index contributed by atoms with van der Waals surface area (Å²) >= 11 is 0. The summed E-state index contributed by atoms with van der Waals surface area (Å²) in [5, 5.41) is 4.67. The second-order valence-corrected chi connectivity index (χ2v) is 6.85. The number of benzene rings is 1. The first-order chi connectivity index (χ1) is 13.1. The van der Waals surface area contributed by atoms with Gasteiger partial charge in [0.05, 0.1) is 24.8 Å². The number of methoxy groups -OCH3 is 1. The zero-order valence-electron chi connectivity index (χ0n) is 16.6. The maximum Gasteiger partial charge on any atom is 0.194 e. The molecule has 1 aliphatic rings. The predicted octanol–water partition coefficient (Wildman–Crippen LogP) is 1.72. The minimum atomic E-state index is 0.0735. The summed E-state index contributed by atoms with van der Waals surface area (Å²) in [7, 11) is 7.54. The molecule has 7 heteroatoms. The van der Waals surface area contributed by atoms with Crippen molar-refractivity contribution in [3.8, 4) is 0 Å². The number of para-hydroxylation sites is 1. The van der Waals surface area contributed by atoms with Crippen LogP contribution in [0.3, 0.4) is 0 Å². The Morgan fingerprint density at radius 2 is 2.22 bits per heavy atom. The Hall–Kier alpha value is -2.38. The van der Waals surface area contributed by atoms with Gasteiger partial charge in [0.15, 0.2) is 5.96 Å². The predicted molar refractivity (Wildman–Crippen MR) is 109 cm³/mol. The van der Waals surface area contributed by atoms with Crippen LogP contribution in [0.5, 0.6) is 0 Å². The Balaban J connectivity index is 1.76. The normalized spacial score (nSPS) is 18.0. The highest BCUT2D eigenvalue weighted by atomic mass is 16.5. The monoisotopic (exact) mass is 371 g/mol. The highest BCUT2D eigenvalue weighted by Crippen LogP contribution is 2.22. The topological polar surface area (TPSA) is 62.2 Å². The summed E-state index contributed by atoms with van der Waals surface area (Å²) in [6.07, 6.45) is 0.0735. The van der Waals surface area contributed by atoms with Crippen LogP contribution in [-0.4, -0.2) is 76.5 Å². The van der Waals surface area contributed by atoms with Crippen LogP contribution in [0.25, 0.3) is 10.9 Å². The van der Waals surface area contributed by atoms with E-state index in [1.54, 1.807) is 7.11 Å². The van der Waals surface area contributed by atoms with Gasteiger partial charge in [-0.15, -0.1) is 0 Å². The zero-order chi connectivity index (χ0) is 19.2. The smallest absolute Gasteiger partial charge is 0.194 e. The second-order valence-electron chi connectivity index (χ2n) is 6.85. The maximum absolute atomic E-state index is 5.74. The molecule has 0 spiro atoms. The Bertz CT molecular complexity index is 791. The van der Waals surface area contributed by atoms with Crippen LogP contribution in [0.15, 0.2) is 35.3 Å². The standard InChI is InChI=1S/C20H29N5O2/c1-21-20(25-9-10-27-16(13-25)14-26-4)22-12-15-11-19(24(2)3)23-18-8-6-5-7-17(15)18/h5-8,11,16H,9-10,12-14H2,1-4H3,(H,21,22). The number of aromatic nitrogens is 1. The lowest BCUT2D eigenvalue weighted by Gasteiger charge is -2.34. The summed E-state index contributed by atoms with van der Waals surface area (Å²) in [6, 6.07) is 10.4. The molecule has 1 unspecified atom stereocenters. The molecule has 146 valence electrons. The van der Waals surface area contributed by atoms with E-state index in [2.05, 4.69) is 39.5 Å². The van der Waals surface area contributed by atoms with Crippen molar-refractivity contribution >= 4 is 22.7 Å². The van der Waals surface area contributed by atoms with E-state index in [0.29, 0.717) is 19.8 Å². The van der Waals surface area contributed by atoms with Crippen molar-refractivity contribution in [1.82, 2.24) is 15.2 Å². The molecular weight excluding hydrogens is 342 g/mol. The molecule has 2 aromatic rings. The van der Waals surface area contributed by atoms with Gasteiger partial charge < -0.3 is 24.6 Å². The van der Waals surface area contributed by atoms with Crippen molar-refractivity contribution in [2.45, 2.75) is 12.6 Å². The van der Waals surface area contributed by atoms with Crippen LogP contribution in [0.4, 0.5) is 5.82 Å². The molecule has 0 aliphatic carbocycles. The number of nitrogens with zero attached hydrogens (tertiary/aromatic N) is 4. The van der Waals surface area contributed by atoms with Gasteiger partial charge in [-0.3, -0.25) is 4.99 Å². The maximum atomic E-state index is 5.74. The average molecular weight is 371 g/mol. The van der Waals surface area contributed by atoms with Gasteiger partial charge in [-0.2, -0.15) is 0 Å². The number of ether oxygens (including phenoxy) is 2. The molecule has 1 aromatic carbocycles. The van der Waals surface area contributed by atoms with Crippen molar-refractivity contribution in [2.75, 3.05) is 59.5 Å². The van der Waals surface area contributed by atoms with E-state index in [4.69, 9.17) is 14.5 Å². The number of anilines is 1. The molecule has 0 radical (unpaired) electrons. The SMILES string of the molecule is CN=C(NCc1cc(N(C)C)nc2ccccc12)N1CCOC(COC)C1. The highest BCUT2D eigenvalue weighted by Gasteiger charge is 2.22. The van der Waals surface area contributed by atoms with Crippen molar-refractivity contribution < 1.29 is 9.47 Å². The number of aliphatic imine (C=N–C) groups is 1. The minimum Gasteiger partial charge on any atom is -0.382 e. The van der Waals surface area contributed by atoms with Gasteiger partial charge in [0, 0.05) is 53.3 Å². The van der Waals surface area contributed by atoms with Gasteiger partial charge in [-0.25, -0.2) is 4.98 Å². The summed E-state index contributed by atoms with van der Waals surface area (Å²) in [5.41, 5.74) is 2.20. The summed E-state index contributed by atoms with van der Waals surface area (Å²) in [5.74, 6) is 1.83. The van der Waals surface area contributed by atoms with Gasteiger partial charge in [0.25, 0.3) is 0 Å². The number of rotatable bonds is 5. The van der Waals surface area contributed by atoms with Crippen LogP contribution >= 0.6 is 0 Å². The van der Waals surface area contributed by atoms with Crippen molar-refractivity contribution in [2.24, 2.45) is 4.99 Å². The second kappa shape index (κ2) is 9.01. The molecule has 1 N–H and O–H groups in total. The minimum absolute atomic E-state index is 0.0735. The van der Waals surface area contributed by atoms with E-state index in [0.717, 1.165) is 35.8 Å². The number of pyridine rings is 1. The van der Waals surface area contributed by atoms with E-state index in [9.17, 15) is 0 Å². The molecule has 1 saturated heterocycles. The van der Waals surface area contributed by atoms with E-state index >= 15 is 0 Å². The third kappa shape index (κ3) is 4.67. The van der Waals surface area contributed by atoms with Crippen molar-refractivity contribution in [3.05, 3.63) is 35.9 Å². The van der Waals surface area contributed by atoms with Crippen molar-refractivity contribution in [3.63, 3.8) is 0 Å². The lowest BCUT2D eigenvalue weighted by molar-refractivity contribution is -0.0447. The fourth-order valence-electron chi connectivity index (χ4n) is 3.31. The number of hydrogen-bond donors (Lipinski definition) is 1. The number of nitrogens with one attached hydrogen (secondary N) is 1. The molecule has 1 fully saturated rings. The van der Waals surface area contributed by atoms with Crippen LogP contribution in [-0.2, 0) is 16.0 Å². The van der Waals surface area contributed by atoms with Gasteiger partial charge >= 0.3 is 0 Å². The quantitative estimate of drug-likeness (QED) is 0.638. The van der Waals surface area contributed by atoms with Crippen LogP contribution in [0, 0.1) is 0 Å². The van der Waals surface area contributed by atoms with Gasteiger partial charge in [-0.05, 0) is 17.7 Å². The first-order valence-electron chi connectivity index (χ1n) is 9.24. The molecule has 0 amide bonds. The Morgan fingerprint density at radius 3 is 2.96 bits per heavy atom. The fraction of sp³-hybridized carbons (Fsp3) is 0.500. The number of guanidine groups is 1. The molecule has 1 atom stereocenters. The molecule has 27 heavy (non-hydrogen) atoms. The van der Waals surface area contributed by atoms with Crippen molar-refractivity contribution in [1.29, 1.82) is 0 Å². The highest BCUT2D eigenvalue weighted by molar-refractivity contribution is 5.85. The van der Waals surface area contributed by atoms with Crippen LogP contribution in [0.1, 0.15) is 5.56 Å². The molecule has 7 nitrogen and oxygen atoms in total. The molecule has 0 bridgehead atoms. The van der Waals surface area contributed by atoms with Crippen LogP contribution < -0.4 is 10.2 Å². The summed E-state index contributed by atoms with van der Waals surface area (Å²) in [6.45, 7) is 3.54. The van der Waals surface area contributed by atoms with E-state index in [1.807, 2.05) is 32.1 Å². The van der Waals surface area contributed by atoms with Gasteiger partial charge in [0.2, 0.25) is 0 Å². The molecule has 0 saturated carbocycles. The molecule has 2 heterocycles. The average Bonchev–Trinajstić information content (AvgIpc) is 2.68. The van der Waals surface area contributed by atoms with E-state index in [-0.39, 0.29) is 6.10 Å². The Labute approximate surface area is 161 Å². The number of hydrogen-bond acceptors (Lipinski definition) is 5. The first-order valence-corrected chi connectivity index (χ1v) is 9.24. The largest absolute Gasteiger partial charge is 0.382 e.